The molecule has 1 N–H and O–H groups in total. The number of guanidine groups is 1. The smallest absolute Gasteiger partial charge is 0.309 e. The van der Waals surface area contributed by atoms with E-state index in [0.717, 1.165) is 77.3 Å². The number of piperidine rings is 1. The van der Waals surface area contributed by atoms with Gasteiger partial charge in [-0.2, -0.15) is 0 Å². The summed E-state index contributed by atoms with van der Waals surface area (Å²) in [5.41, 5.74) is 0. The average Bonchev–Trinajstić information content (AvgIpc) is 3.18. The van der Waals surface area contributed by atoms with Gasteiger partial charge in [0, 0.05) is 46.8 Å². The Morgan fingerprint density at radius 2 is 1.86 bits per heavy atom. The largest absolute Gasteiger partial charge is 0.466 e. The third-order valence-corrected chi connectivity index (χ3v) is 5.70. The van der Waals surface area contributed by atoms with Crippen molar-refractivity contribution >= 4 is 17.8 Å². The maximum atomic E-state index is 12.3. The lowest BCUT2D eigenvalue weighted by Crippen LogP contribution is -2.47. The zero-order chi connectivity index (χ0) is 21.2. The van der Waals surface area contributed by atoms with Crippen molar-refractivity contribution in [1.29, 1.82) is 0 Å². The Morgan fingerprint density at radius 1 is 1.14 bits per heavy atom. The quantitative estimate of drug-likeness (QED) is 0.281. The van der Waals surface area contributed by atoms with Crippen molar-refractivity contribution in [3.63, 3.8) is 0 Å². The number of amides is 1. The number of aliphatic imine (C=N–C) groups is 1. The van der Waals surface area contributed by atoms with E-state index in [0.29, 0.717) is 6.61 Å². The zero-order valence-corrected chi connectivity index (χ0v) is 18.7. The lowest BCUT2D eigenvalue weighted by molar-refractivity contribution is -0.149. The summed E-state index contributed by atoms with van der Waals surface area (Å²) in [6.45, 7) is 9.46. The van der Waals surface area contributed by atoms with Crippen molar-refractivity contribution in [3.05, 3.63) is 0 Å². The SMILES string of the molecule is CCNC(=NCCCN1CCCC1C(=O)N(C)C)N1CCC(C(=O)OCC)CC1. The third kappa shape index (κ3) is 6.87. The number of likely N-dealkylation sites (N-methyl/N-ethyl adjacent to an activating group) is 1. The summed E-state index contributed by atoms with van der Waals surface area (Å²) >= 11 is 0. The number of likely N-dealkylation sites (tertiary alicyclic amines) is 2. The summed E-state index contributed by atoms with van der Waals surface area (Å²) in [5.74, 6) is 1.08. The Balaban J connectivity index is 1.80. The van der Waals surface area contributed by atoms with E-state index in [1.165, 1.54) is 0 Å². The normalized spacial score (nSPS) is 21.3. The first-order valence-electron chi connectivity index (χ1n) is 11.1. The molecular weight excluding hydrogens is 370 g/mol. The monoisotopic (exact) mass is 409 g/mol. The van der Waals surface area contributed by atoms with E-state index < -0.39 is 0 Å². The molecule has 0 spiro atoms. The van der Waals surface area contributed by atoms with Crippen molar-refractivity contribution in [2.45, 2.75) is 52.0 Å². The van der Waals surface area contributed by atoms with Gasteiger partial charge < -0.3 is 19.9 Å². The Bertz CT molecular complexity index is 559. The van der Waals surface area contributed by atoms with Crippen LogP contribution in [0.3, 0.4) is 0 Å². The van der Waals surface area contributed by atoms with Gasteiger partial charge in [-0.05, 0) is 52.5 Å². The standard InChI is InChI=1S/C21H39N5O3/c1-5-22-21(26-15-10-17(11-16-26)20(28)29-6-2)23-12-8-14-25-13-7-9-18(25)19(27)24(3)4/h17-18H,5-16H2,1-4H3,(H,22,23). The van der Waals surface area contributed by atoms with Crippen LogP contribution in [-0.2, 0) is 14.3 Å². The van der Waals surface area contributed by atoms with Crippen molar-refractivity contribution < 1.29 is 14.3 Å². The highest BCUT2D eigenvalue weighted by atomic mass is 16.5. The molecule has 0 bridgehead atoms. The number of ether oxygens (including phenoxy) is 1. The second kappa shape index (κ2) is 12.0. The molecule has 0 aromatic heterocycles. The Labute approximate surface area is 175 Å². The number of hydrogen-bond donors (Lipinski definition) is 1. The number of carbonyl (C=O) groups excluding carboxylic acids is 2. The number of nitrogens with zero attached hydrogens (tertiary/aromatic N) is 4. The molecule has 2 aliphatic rings. The summed E-state index contributed by atoms with van der Waals surface area (Å²) in [6, 6.07) is 0.0316. The molecule has 0 radical (unpaired) electrons. The Kier molecular flexibility index (Phi) is 9.70. The van der Waals surface area contributed by atoms with Gasteiger partial charge in [-0.3, -0.25) is 19.5 Å². The van der Waals surface area contributed by atoms with Gasteiger partial charge in [-0.15, -0.1) is 0 Å². The summed E-state index contributed by atoms with van der Waals surface area (Å²) in [5, 5.41) is 3.38. The van der Waals surface area contributed by atoms with Gasteiger partial charge in [-0.1, -0.05) is 0 Å². The molecule has 8 heteroatoms. The van der Waals surface area contributed by atoms with Crippen LogP contribution in [0.5, 0.6) is 0 Å². The van der Waals surface area contributed by atoms with E-state index in [-0.39, 0.29) is 23.8 Å². The van der Waals surface area contributed by atoms with Crippen LogP contribution in [0.4, 0.5) is 0 Å². The maximum Gasteiger partial charge on any atom is 0.309 e. The van der Waals surface area contributed by atoms with Crippen LogP contribution in [0.2, 0.25) is 0 Å². The second-order valence-electron chi connectivity index (χ2n) is 8.03. The fourth-order valence-corrected chi connectivity index (χ4v) is 4.14. The number of esters is 1. The van der Waals surface area contributed by atoms with Crippen LogP contribution >= 0.6 is 0 Å². The van der Waals surface area contributed by atoms with Crippen LogP contribution in [-0.4, -0.2) is 98.5 Å². The molecule has 1 amide bonds. The molecule has 2 heterocycles. The molecule has 1 unspecified atom stereocenters. The van der Waals surface area contributed by atoms with Crippen LogP contribution in [0, 0.1) is 5.92 Å². The third-order valence-electron chi connectivity index (χ3n) is 5.70. The summed E-state index contributed by atoms with van der Waals surface area (Å²) in [6.07, 6.45) is 4.60. The molecule has 166 valence electrons. The minimum absolute atomic E-state index is 0.00964. The first-order chi connectivity index (χ1) is 14.0. The van der Waals surface area contributed by atoms with Crippen molar-refractivity contribution in [1.82, 2.24) is 20.0 Å². The summed E-state index contributed by atoms with van der Waals surface area (Å²) in [7, 11) is 3.66. The lowest BCUT2D eigenvalue weighted by atomic mass is 9.97. The zero-order valence-electron chi connectivity index (χ0n) is 18.7. The highest BCUT2D eigenvalue weighted by Gasteiger charge is 2.31. The molecule has 2 saturated heterocycles. The minimum Gasteiger partial charge on any atom is -0.466 e. The highest BCUT2D eigenvalue weighted by Crippen LogP contribution is 2.20. The van der Waals surface area contributed by atoms with Crippen molar-refractivity contribution in [2.24, 2.45) is 10.9 Å². The Morgan fingerprint density at radius 3 is 2.48 bits per heavy atom. The van der Waals surface area contributed by atoms with Gasteiger partial charge in [0.1, 0.15) is 0 Å². The second-order valence-corrected chi connectivity index (χ2v) is 8.03. The lowest BCUT2D eigenvalue weighted by Gasteiger charge is -2.33. The molecule has 29 heavy (non-hydrogen) atoms. The first kappa shape index (κ1) is 23.4. The van der Waals surface area contributed by atoms with E-state index in [4.69, 9.17) is 9.73 Å². The van der Waals surface area contributed by atoms with Gasteiger partial charge in [0.25, 0.3) is 0 Å². The van der Waals surface area contributed by atoms with Crippen molar-refractivity contribution in [3.8, 4) is 0 Å². The first-order valence-corrected chi connectivity index (χ1v) is 11.1. The summed E-state index contributed by atoms with van der Waals surface area (Å²) in [4.78, 5) is 35.3. The number of nitrogens with one attached hydrogen (secondary N) is 1. The molecule has 8 nitrogen and oxygen atoms in total. The maximum absolute atomic E-state index is 12.3. The molecule has 0 saturated carbocycles. The molecule has 0 aliphatic carbocycles. The van der Waals surface area contributed by atoms with E-state index in [1.54, 1.807) is 4.90 Å². The highest BCUT2D eigenvalue weighted by molar-refractivity contribution is 5.82. The average molecular weight is 410 g/mol. The van der Waals surface area contributed by atoms with Gasteiger partial charge in [0.15, 0.2) is 5.96 Å². The van der Waals surface area contributed by atoms with E-state index in [9.17, 15) is 9.59 Å². The molecule has 1 atom stereocenters. The number of rotatable bonds is 8. The van der Waals surface area contributed by atoms with Crippen LogP contribution in [0.25, 0.3) is 0 Å². The topological polar surface area (TPSA) is 77.5 Å². The Hall–Kier alpha value is -1.83. The fourth-order valence-electron chi connectivity index (χ4n) is 4.14. The number of hydrogen-bond acceptors (Lipinski definition) is 5. The molecule has 0 aromatic carbocycles. The molecule has 2 rings (SSSR count). The van der Waals surface area contributed by atoms with Gasteiger partial charge in [0.05, 0.1) is 18.6 Å². The van der Waals surface area contributed by atoms with Crippen LogP contribution < -0.4 is 5.32 Å². The van der Waals surface area contributed by atoms with Gasteiger partial charge >= 0.3 is 5.97 Å². The molecule has 2 fully saturated rings. The van der Waals surface area contributed by atoms with E-state index in [1.807, 2.05) is 21.0 Å². The fraction of sp³-hybridized carbons (Fsp3) is 0.857. The van der Waals surface area contributed by atoms with Crippen LogP contribution in [0.15, 0.2) is 4.99 Å². The predicted molar refractivity (Wildman–Crippen MR) is 115 cm³/mol. The van der Waals surface area contributed by atoms with Gasteiger partial charge in [0.2, 0.25) is 5.91 Å². The number of carbonyl (C=O) groups is 2. The molecular formula is C21H39N5O3. The predicted octanol–water partition coefficient (Wildman–Crippen LogP) is 1.17. The minimum atomic E-state index is -0.0680. The van der Waals surface area contributed by atoms with Gasteiger partial charge in [-0.25, -0.2) is 0 Å². The van der Waals surface area contributed by atoms with Crippen molar-refractivity contribution in [2.75, 3.05) is 60.0 Å². The van der Waals surface area contributed by atoms with Crippen LogP contribution in [0.1, 0.15) is 46.0 Å². The van der Waals surface area contributed by atoms with E-state index in [2.05, 4.69) is 22.0 Å². The molecule has 2 aliphatic heterocycles. The summed E-state index contributed by atoms with van der Waals surface area (Å²) < 4.78 is 5.16. The molecule has 0 aromatic rings. The van der Waals surface area contributed by atoms with E-state index >= 15 is 0 Å².